The smallest absolute Gasteiger partial charge is 0.245 e. The lowest BCUT2D eigenvalue weighted by Crippen LogP contribution is -2.24. The van der Waals surface area contributed by atoms with E-state index in [0.717, 1.165) is 0 Å². The van der Waals surface area contributed by atoms with Gasteiger partial charge in [-0.05, 0) is 12.1 Å². The van der Waals surface area contributed by atoms with E-state index in [1.165, 1.54) is 0 Å². The Morgan fingerprint density at radius 3 is 3.07 bits per heavy atom. The van der Waals surface area contributed by atoms with Crippen molar-refractivity contribution in [2.45, 2.75) is 6.54 Å². The van der Waals surface area contributed by atoms with Crippen LogP contribution in [0.4, 0.5) is 0 Å². The highest BCUT2D eigenvalue weighted by Crippen LogP contribution is 2.05. The molecule has 0 radical (unpaired) electrons. The number of primary amides is 1. The van der Waals surface area contributed by atoms with E-state index in [0.29, 0.717) is 5.76 Å². The van der Waals surface area contributed by atoms with E-state index < -0.39 is 5.91 Å². The standard InChI is InChI=1S/C8H9N3O3/c9-3-6-1-2-7(14-6)4-11-13-5-8(10)12/h1-2,11H,4-5H2,(H2,10,12). The third kappa shape index (κ3) is 3.26. The number of nitrogens with one attached hydrogen (secondary N) is 1. The minimum atomic E-state index is -0.561. The molecule has 1 rings (SSSR count). The number of hydroxylamine groups is 1. The fraction of sp³-hybridized carbons (Fsp3) is 0.250. The maximum Gasteiger partial charge on any atom is 0.245 e. The fourth-order valence-corrected chi connectivity index (χ4v) is 0.777. The van der Waals surface area contributed by atoms with Gasteiger partial charge in [0.05, 0.1) is 6.54 Å². The van der Waals surface area contributed by atoms with E-state index in [1.807, 2.05) is 6.07 Å². The molecule has 1 heterocycles. The summed E-state index contributed by atoms with van der Waals surface area (Å²) in [5, 5.41) is 8.44. The van der Waals surface area contributed by atoms with Gasteiger partial charge in [-0.3, -0.25) is 9.63 Å². The van der Waals surface area contributed by atoms with E-state index in [9.17, 15) is 4.79 Å². The molecule has 0 aliphatic heterocycles. The van der Waals surface area contributed by atoms with Crippen LogP contribution in [0.5, 0.6) is 0 Å². The first-order valence-electron chi connectivity index (χ1n) is 3.84. The predicted molar refractivity (Wildman–Crippen MR) is 45.4 cm³/mol. The number of carbonyl (C=O) groups is 1. The largest absolute Gasteiger partial charge is 0.449 e. The van der Waals surface area contributed by atoms with Gasteiger partial charge in [0.25, 0.3) is 0 Å². The number of furan rings is 1. The molecule has 74 valence electrons. The summed E-state index contributed by atoms with van der Waals surface area (Å²) >= 11 is 0. The Bertz CT molecular complexity index is 353. The van der Waals surface area contributed by atoms with Gasteiger partial charge >= 0.3 is 0 Å². The second kappa shape index (κ2) is 5.01. The summed E-state index contributed by atoms with van der Waals surface area (Å²) in [5.74, 6) is 0.220. The molecule has 0 aromatic carbocycles. The first kappa shape index (κ1) is 10.2. The summed E-state index contributed by atoms with van der Waals surface area (Å²) < 4.78 is 5.02. The molecular formula is C8H9N3O3. The Labute approximate surface area is 80.2 Å². The molecule has 0 fully saturated rings. The lowest BCUT2D eigenvalue weighted by Gasteiger charge is -2.00. The number of rotatable bonds is 5. The monoisotopic (exact) mass is 195 g/mol. The van der Waals surface area contributed by atoms with E-state index in [1.54, 1.807) is 12.1 Å². The average molecular weight is 195 g/mol. The quantitative estimate of drug-likeness (QED) is 0.494. The summed E-state index contributed by atoms with van der Waals surface area (Å²) in [5.41, 5.74) is 7.29. The SMILES string of the molecule is N#Cc1ccc(CNOCC(N)=O)o1. The first-order valence-corrected chi connectivity index (χ1v) is 3.84. The van der Waals surface area contributed by atoms with Gasteiger partial charge in [0, 0.05) is 0 Å². The average Bonchev–Trinajstić information content (AvgIpc) is 2.60. The Morgan fingerprint density at radius 2 is 2.50 bits per heavy atom. The highest BCUT2D eigenvalue weighted by atomic mass is 16.6. The Kier molecular flexibility index (Phi) is 3.67. The first-order chi connectivity index (χ1) is 6.72. The van der Waals surface area contributed by atoms with E-state index in [-0.39, 0.29) is 18.9 Å². The van der Waals surface area contributed by atoms with Crippen molar-refractivity contribution in [2.75, 3.05) is 6.61 Å². The number of nitriles is 1. The van der Waals surface area contributed by atoms with Crippen LogP contribution in [0.2, 0.25) is 0 Å². The van der Waals surface area contributed by atoms with Crippen molar-refractivity contribution in [3.05, 3.63) is 23.7 Å². The molecule has 1 amide bonds. The van der Waals surface area contributed by atoms with Crippen LogP contribution in [-0.4, -0.2) is 12.5 Å². The molecule has 3 N–H and O–H groups in total. The van der Waals surface area contributed by atoms with Gasteiger partial charge in [0.1, 0.15) is 18.4 Å². The molecule has 0 atom stereocenters. The van der Waals surface area contributed by atoms with Crippen LogP contribution < -0.4 is 11.2 Å². The molecule has 0 unspecified atom stereocenters. The zero-order valence-electron chi connectivity index (χ0n) is 7.32. The fourth-order valence-electron chi connectivity index (χ4n) is 0.777. The van der Waals surface area contributed by atoms with Crippen molar-refractivity contribution in [3.8, 4) is 6.07 Å². The van der Waals surface area contributed by atoms with Crippen molar-refractivity contribution in [2.24, 2.45) is 5.73 Å². The number of hydrogen-bond donors (Lipinski definition) is 2. The number of nitrogens with two attached hydrogens (primary N) is 1. The zero-order valence-corrected chi connectivity index (χ0v) is 7.32. The zero-order chi connectivity index (χ0) is 10.4. The summed E-state index contributed by atoms with van der Waals surface area (Å²) in [6.07, 6.45) is 0. The predicted octanol–water partition coefficient (Wildman–Crippen LogP) is -0.342. The normalized spacial score (nSPS) is 9.64. The van der Waals surface area contributed by atoms with Crippen LogP contribution in [0.25, 0.3) is 0 Å². The van der Waals surface area contributed by atoms with Crippen molar-refractivity contribution in [3.63, 3.8) is 0 Å². The molecule has 0 aliphatic carbocycles. The molecule has 0 aliphatic rings. The Morgan fingerprint density at radius 1 is 1.71 bits per heavy atom. The maximum absolute atomic E-state index is 10.3. The molecule has 1 aromatic rings. The molecule has 0 spiro atoms. The third-order valence-electron chi connectivity index (χ3n) is 1.33. The van der Waals surface area contributed by atoms with Gasteiger partial charge in [0.15, 0.2) is 0 Å². The summed E-state index contributed by atoms with van der Waals surface area (Å²) in [6, 6.07) is 5.03. The molecule has 0 saturated heterocycles. The number of carbonyl (C=O) groups excluding carboxylic acids is 1. The Hall–Kier alpha value is -1.84. The van der Waals surface area contributed by atoms with Gasteiger partial charge in [0.2, 0.25) is 11.7 Å². The van der Waals surface area contributed by atoms with Crippen molar-refractivity contribution in [1.82, 2.24) is 5.48 Å². The minimum Gasteiger partial charge on any atom is -0.449 e. The molecular weight excluding hydrogens is 186 g/mol. The summed E-state index contributed by atoms with van der Waals surface area (Å²) in [4.78, 5) is 14.9. The van der Waals surface area contributed by atoms with Crippen LogP contribution in [0.3, 0.4) is 0 Å². The van der Waals surface area contributed by atoms with Gasteiger partial charge < -0.3 is 10.2 Å². The maximum atomic E-state index is 10.3. The van der Waals surface area contributed by atoms with Crippen molar-refractivity contribution < 1.29 is 14.0 Å². The lowest BCUT2D eigenvalue weighted by atomic mass is 10.4. The summed E-state index contributed by atoms with van der Waals surface area (Å²) in [6.45, 7) is 0.0702. The lowest BCUT2D eigenvalue weighted by molar-refractivity contribution is -0.125. The van der Waals surface area contributed by atoms with E-state index >= 15 is 0 Å². The minimum absolute atomic E-state index is 0.203. The topological polar surface area (TPSA) is 101 Å². The van der Waals surface area contributed by atoms with Crippen LogP contribution in [-0.2, 0) is 16.2 Å². The van der Waals surface area contributed by atoms with Crippen molar-refractivity contribution >= 4 is 5.91 Å². The molecule has 0 saturated carbocycles. The molecule has 0 bridgehead atoms. The van der Waals surface area contributed by atoms with Crippen molar-refractivity contribution in [1.29, 1.82) is 5.26 Å². The molecule has 1 aromatic heterocycles. The van der Waals surface area contributed by atoms with E-state index in [4.69, 9.17) is 15.4 Å². The number of amides is 1. The Balaban J connectivity index is 2.25. The molecule has 6 nitrogen and oxygen atoms in total. The van der Waals surface area contributed by atoms with Gasteiger partial charge in [-0.15, -0.1) is 0 Å². The van der Waals surface area contributed by atoms with Gasteiger partial charge in [-0.2, -0.15) is 10.7 Å². The second-order valence-electron chi connectivity index (χ2n) is 2.45. The van der Waals surface area contributed by atoms with Crippen LogP contribution in [0.1, 0.15) is 11.5 Å². The second-order valence-corrected chi connectivity index (χ2v) is 2.45. The highest BCUT2D eigenvalue weighted by Gasteiger charge is 2.00. The van der Waals surface area contributed by atoms with Gasteiger partial charge in [-0.1, -0.05) is 0 Å². The number of hydrogen-bond acceptors (Lipinski definition) is 5. The van der Waals surface area contributed by atoms with E-state index in [2.05, 4.69) is 10.3 Å². The van der Waals surface area contributed by atoms with Crippen LogP contribution in [0, 0.1) is 11.3 Å². The summed E-state index contributed by atoms with van der Waals surface area (Å²) in [7, 11) is 0. The van der Waals surface area contributed by atoms with Crippen LogP contribution >= 0.6 is 0 Å². The van der Waals surface area contributed by atoms with Gasteiger partial charge in [-0.25, -0.2) is 0 Å². The number of nitrogens with zero attached hydrogens (tertiary/aromatic N) is 1. The highest BCUT2D eigenvalue weighted by molar-refractivity contribution is 5.74. The van der Waals surface area contributed by atoms with Crippen LogP contribution in [0.15, 0.2) is 16.5 Å². The molecule has 6 heteroatoms. The third-order valence-corrected chi connectivity index (χ3v) is 1.33. The molecule has 14 heavy (non-hydrogen) atoms.